The Hall–Kier alpha value is -2.74. The topological polar surface area (TPSA) is 88.9 Å². The molecule has 8 heteroatoms. The molecule has 0 radical (unpaired) electrons. The molecule has 0 bridgehead atoms. The molecule has 1 amide bonds. The van der Waals surface area contributed by atoms with Crippen molar-refractivity contribution in [1.82, 2.24) is 30.1 Å². The molecule has 1 fully saturated rings. The Kier molecular flexibility index (Phi) is 3.96. The summed E-state index contributed by atoms with van der Waals surface area (Å²) in [4.78, 5) is 14.7. The van der Waals surface area contributed by atoms with Crippen molar-refractivity contribution in [3.63, 3.8) is 0 Å². The molecule has 1 aromatic carbocycles. The van der Waals surface area contributed by atoms with E-state index in [1.807, 2.05) is 27.9 Å². The van der Waals surface area contributed by atoms with E-state index in [0.717, 1.165) is 11.9 Å². The molecule has 8 nitrogen and oxygen atoms in total. The van der Waals surface area contributed by atoms with E-state index in [2.05, 4.69) is 20.5 Å². The maximum absolute atomic E-state index is 12.9. The molecular weight excluding hydrogens is 308 g/mol. The van der Waals surface area contributed by atoms with Crippen LogP contribution in [0.3, 0.4) is 0 Å². The van der Waals surface area contributed by atoms with E-state index in [9.17, 15) is 4.79 Å². The molecule has 1 unspecified atom stereocenters. The third-order valence-corrected chi connectivity index (χ3v) is 4.15. The average Bonchev–Trinajstić information content (AvgIpc) is 3.22. The average molecular weight is 326 g/mol. The van der Waals surface area contributed by atoms with E-state index in [4.69, 9.17) is 4.74 Å². The van der Waals surface area contributed by atoms with E-state index in [1.54, 1.807) is 18.3 Å². The second-order valence-corrected chi connectivity index (χ2v) is 5.85. The van der Waals surface area contributed by atoms with Crippen molar-refractivity contribution in [2.75, 3.05) is 19.7 Å². The molecule has 0 saturated carbocycles. The lowest BCUT2D eigenvalue weighted by atomic mass is 10.1. The van der Waals surface area contributed by atoms with Crippen molar-refractivity contribution in [2.24, 2.45) is 0 Å². The number of carbonyl (C=O) groups excluding carboxylic acids is 1. The molecule has 0 spiro atoms. The molecule has 4 rings (SSSR count). The van der Waals surface area contributed by atoms with Crippen molar-refractivity contribution in [3.8, 4) is 0 Å². The molecule has 3 heterocycles. The number of rotatable bonds is 3. The van der Waals surface area contributed by atoms with E-state index in [0.29, 0.717) is 37.3 Å². The van der Waals surface area contributed by atoms with Gasteiger partial charge in [-0.3, -0.25) is 9.48 Å². The number of amides is 1. The van der Waals surface area contributed by atoms with Crippen LogP contribution in [0.25, 0.3) is 11.0 Å². The van der Waals surface area contributed by atoms with Gasteiger partial charge in [0.2, 0.25) is 0 Å². The number of ether oxygens (including phenoxy) is 1. The maximum atomic E-state index is 12.9. The van der Waals surface area contributed by atoms with Gasteiger partial charge in [-0.05, 0) is 30.7 Å². The van der Waals surface area contributed by atoms with Crippen LogP contribution in [-0.2, 0) is 11.3 Å². The van der Waals surface area contributed by atoms with Crippen molar-refractivity contribution in [1.29, 1.82) is 0 Å². The summed E-state index contributed by atoms with van der Waals surface area (Å²) in [5.41, 5.74) is 2.07. The van der Waals surface area contributed by atoms with Gasteiger partial charge in [-0.2, -0.15) is 20.5 Å². The summed E-state index contributed by atoms with van der Waals surface area (Å²) < 4.78 is 7.70. The molecule has 1 aliphatic heterocycles. The zero-order valence-electron chi connectivity index (χ0n) is 13.1. The Morgan fingerprint density at radius 1 is 1.33 bits per heavy atom. The van der Waals surface area contributed by atoms with Crippen molar-refractivity contribution >= 4 is 16.9 Å². The zero-order chi connectivity index (χ0) is 16.4. The monoisotopic (exact) mass is 326 g/mol. The Morgan fingerprint density at radius 2 is 2.25 bits per heavy atom. The maximum Gasteiger partial charge on any atom is 0.254 e. The van der Waals surface area contributed by atoms with Gasteiger partial charge in [0.25, 0.3) is 5.91 Å². The Balaban J connectivity index is 1.51. The fourth-order valence-electron chi connectivity index (χ4n) is 2.96. The largest absolute Gasteiger partial charge is 0.374 e. The minimum atomic E-state index is -0.0628. The Labute approximate surface area is 138 Å². The molecular formula is C16H18N6O2. The fourth-order valence-corrected chi connectivity index (χ4v) is 2.96. The van der Waals surface area contributed by atoms with Crippen LogP contribution in [0.2, 0.25) is 0 Å². The van der Waals surface area contributed by atoms with Gasteiger partial charge in [0.15, 0.2) is 0 Å². The third kappa shape index (κ3) is 3.00. The number of fused-ring (bicyclic) bond motifs is 1. The van der Waals surface area contributed by atoms with Gasteiger partial charge in [-0.1, -0.05) is 0 Å². The molecule has 0 aliphatic carbocycles. The normalized spacial score (nSPS) is 18.7. The first kappa shape index (κ1) is 14.8. The molecule has 1 saturated heterocycles. The summed E-state index contributed by atoms with van der Waals surface area (Å²) in [6.07, 6.45) is 4.41. The molecule has 3 aromatic rings. The summed E-state index contributed by atoms with van der Waals surface area (Å²) in [6.45, 7) is 2.53. The molecule has 1 N–H and O–H groups in total. The van der Waals surface area contributed by atoms with Crippen molar-refractivity contribution in [2.45, 2.75) is 19.1 Å². The first-order valence-electron chi connectivity index (χ1n) is 7.98. The number of benzene rings is 1. The summed E-state index contributed by atoms with van der Waals surface area (Å²) in [7, 11) is 0. The van der Waals surface area contributed by atoms with Crippen LogP contribution in [0.4, 0.5) is 0 Å². The van der Waals surface area contributed by atoms with Crippen LogP contribution in [0.5, 0.6) is 0 Å². The third-order valence-electron chi connectivity index (χ3n) is 4.15. The van der Waals surface area contributed by atoms with E-state index < -0.39 is 0 Å². The van der Waals surface area contributed by atoms with Gasteiger partial charge in [0.1, 0.15) is 11.0 Å². The minimum Gasteiger partial charge on any atom is -0.374 e. The summed E-state index contributed by atoms with van der Waals surface area (Å²) in [5.74, 6) is -0.00383. The van der Waals surface area contributed by atoms with Gasteiger partial charge < -0.3 is 9.64 Å². The van der Waals surface area contributed by atoms with Gasteiger partial charge in [0, 0.05) is 37.7 Å². The molecule has 124 valence electrons. The van der Waals surface area contributed by atoms with Gasteiger partial charge in [-0.25, -0.2) is 0 Å². The number of nitrogens with one attached hydrogen (secondary N) is 1. The fraction of sp³-hybridized carbons (Fsp3) is 0.375. The number of aromatic nitrogens is 5. The van der Waals surface area contributed by atoms with Crippen LogP contribution in [-0.4, -0.2) is 61.8 Å². The lowest BCUT2D eigenvalue weighted by Gasteiger charge is -2.24. The Bertz CT molecular complexity index is 828. The highest BCUT2D eigenvalue weighted by Gasteiger charge is 2.24. The summed E-state index contributed by atoms with van der Waals surface area (Å²) >= 11 is 0. The van der Waals surface area contributed by atoms with E-state index in [-0.39, 0.29) is 12.0 Å². The first-order valence-corrected chi connectivity index (χ1v) is 7.98. The zero-order valence-corrected chi connectivity index (χ0v) is 13.1. The second-order valence-electron chi connectivity index (χ2n) is 5.85. The number of aromatic amines is 1. The highest BCUT2D eigenvalue weighted by Crippen LogP contribution is 2.15. The predicted octanol–water partition coefficient (Wildman–Crippen LogP) is 1.09. The van der Waals surface area contributed by atoms with Gasteiger partial charge in [-0.15, -0.1) is 0 Å². The highest BCUT2D eigenvalue weighted by molar-refractivity contribution is 5.97. The van der Waals surface area contributed by atoms with Gasteiger partial charge >= 0.3 is 0 Å². The number of hydrogen-bond acceptors (Lipinski definition) is 5. The van der Waals surface area contributed by atoms with Gasteiger partial charge in [0.05, 0.1) is 12.6 Å². The van der Waals surface area contributed by atoms with Crippen LogP contribution in [0, 0.1) is 0 Å². The predicted molar refractivity (Wildman–Crippen MR) is 86.4 cm³/mol. The number of nitrogens with zero attached hydrogens (tertiary/aromatic N) is 5. The second kappa shape index (κ2) is 6.40. The van der Waals surface area contributed by atoms with Crippen molar-refractivity contribution in [3.05, 3.63) is 42.2 Å². The molecule has 1 aliphatic rings. The molecule has 2 aromatic heterocycles. The summed E-state index contributed by atoms with van der Waals surface area (Å²) in [5, 5.41) is 14.8. The minimum absolute atomic E-state index is 0.00383. The van der Waals surface area contributed by atoms with Crippen molar-refractivity contribution < 1.29 is 9.53 Å². The highest BCUT2D eigenvalue weighted by atomic mass is 16.5. The number of hydrogen-bond donors (Lipinski definition) is 1. The lowest BCUT2D eigenvalue weighted by Crippen LogP contribution is -2.38. The van der Waals surface area contributed by atoms with Crippen LogP contribution in [0.15, 0.2) is 36.7 Å². The lowest BCUT2D eigenvalue weighted by molar-refractivity contribution is 0.0367. The first-order chi connectivity index (χ1) is 11.8. The standard InChI is InChI=1S/C16H18N6O2/c23-16(12-3-4-14-15(9-12)19-20-18-14)21-6-2-8-24-13(10-21)11-22-7-1-5-17-22/h1,3-5,7,9,13H,2,6,8,10-11H2,(H,18,19,20). The quantitative estimate of drug-likeness (QED) is 0.778. The SMILES string of the molecule is O=C(c1ccc2n[nH]nc2c1)N1CCCOC(Cn2cccn2)C1. The summed E-state index contributed by atoms with van der Waals surface area (Å²) in [6, 6.07) is 7.26. The van der Waals surface area contributed by atoms with E-state index >= 15 is 0 Å². The van der Waals surface area contributed by atoms with Crippen LogP contribution >= 0.6 is 0 Å². The van der Waals surface area contributed by atoms with Crippen LogP contribution in [0.1, 0.15) is 16.8 Å². The molecule has 24 heavy (non-hydrogen) atoms. The van der Waals surface area contributed by atoms with E-state index in [1.165, 1.54) is 0 Å². The smallest absolute Gasteiger partial charge is 0.254 e. The molecule has 1 atom stereocenters. The number of carbonyl (C=O) groups is 1. The van der Waals surface area contributed by atoms with Crippen LogP contribution < -0.4 is 0 Å². The Morgan fingerprint density at radius 3 is 3.12 bits per heavy atom. The number of H-pyrrole nitrogens is 1.